The van der Waals surface area contributed by atoms with Crippen molar-refractivity contribution >= 4 is 11.6 Å². The van der Waals surface area contributed by atoms with Crippen LogP contribution in [0, 0.1) is 15.9 Å². The van der Waals surface area contributed by atoms with E-state index in [1.165, 1.54) is 12.1 Å². The van der Waals surface area contributed by atoms with E-state index in [4.69, 9.17) is 0 Å². The summed E-state index contributed by atoms with van der Waals surface area (Å²) in [7, 11) is 0. The average Bonchev–Trinajstić information content (AvgIpc) is 2.65. The average molecular weight is 372 g/mol. The number of aromatic nitrogens is 1. The summed E-state index contributed by atoms with van der Waals surface area (Å²) in [6, 6.07) is 7.08. The second kappa shape index (κ2) is 8.22. The van der Waals surface area contributed by atoms with Gasteiger partial charge in [-0.15, -0.1) is 0 Å². The van der Waals surface area contributed by atoms with Gasteiger partial charge in [0, 0.05) is 49.9 Å². The molecule has 3 rings (SSSR count). The van der Waals surface area contributed by atoms with Crippen molar-refractivity contribution in [1.82, 2.24) is 15.2 Å². The molecule has 2 aromatic rings. The molecule has 0 atom stereocenters. The lowest BCUT2D eigenvalue weighted by Gasteiger charge is -2.28. The maximum atomic E-state index is 13.5. The molecular formula is C19H21FN4O3. The Hall–Kier alpha value is -2.87. The molecule has 0 radical (unpaired) electrons. The first-order valence-corrected chi connectivity index (χ1v) is 8.90. The molecule has 8 heteroatoms. The van der Waals surface area contributed by atoms with Crippen LogP contribution in [0.4, 0.5) is 10.1 Å². The van der Waals surface area contributed by atoms with Crippen molar-refractivity contribution in [3.8, 4) is 0 Å². The minimum atomic E-state index is -0.491. The Balaban J connectivity index is 1.73. The highest BCUT2D eigenvalue weighted by Crippen LogP contribution is 2.25. The number of benzene rings is 1. The molecule has 1 aliphatic heterocycles. The van der Waals surface area contributed by atoms with Gasteiger partial charge in [-0.3, -0.25) is 19.8 Å². The van der Waals surface area contributed by atoms with Crippen molar-refractivity contribution in [2.75, 3.05) is 13.1 Å². The molecule has 142 valence electrons. The van der Waals surface area contributed by atoms with Crippen LogP contribution >= 0.6 is 0 Å². The number of nitrogens with zero attached hydrogens (tertiary/aromatic N) is 3. The largest absolute Gasteiger partial charge is 0.351 e. The number of fused-ring (bicyclic) bond motifs is 1. The third kappa shape index (κ3) is 4.46. The fraction of sp³-hybridized carbons (Fsp3) is 0.368. The molecule has 1 aromatic carbocycles. The number of carbonyl (C=O) groups excluding carboxylic acids is 1. The van der Waals surface area contributed by atoms with Crippen LogP contribution in [-0.2, 0) is 19.5 Å². The molecule has 1 aliphatic rings. The van der Waals surface area contributed by atoms with Gasteiger partial charge in [0.1, 0.15) is 11.5 Å². The number of pyridine rings is 1. The number of nitro benzene ring substituents is 1. The summed E-state index contributed by atoms with van der Waals surface area (Å²) in [4.78, 5) is 29.2. The molecule has 0 spiro atoms. The highest BCUT2D eigenvalue weighted by atomic mass is 19.1. The SMILES string of the molecule is CCCNC(=O)c1ccc2c(n1)CCN(Cc1cc(F)ccc1[N+](=O)[O-])C2. The van der Waals surface area contributed by atoms with Gasteiger partial charge in [0.15, 0.2) is 0 Å². The molecule has 0 aliphatic carbocycles. The molecule has 2 heterocycles. The van der Waals surface area contributed by atoms with Crippen LogP contribution in [0.5, 0.6) is 0 Å². The molecule has 0 saturated carbocycles. The zero-order valence-electron chi connectivity index (χ0n) is 15.1. The van der Waals surface area contributed by atoms with E-state index in [1.807, 2.05) is 17.9 Å². The van der Waals surface area contributed by atoms with E-state index in [0.29, 0.717) is 37.3 Å². The Labute approximate surface area is 156 Å². The van der Waals surface area contributed by atoms with Crippen LogP contribution in [0.2, 0.25) is 0 Å². The zero-order valence-corrected chi connectivity index (χ0v) is 15.1. The third-order valence-electron chi connectivity index (χ3n) is 4.53. The fourth-order valence-electron chi connectivity index (χ4n) is 3.16. The Kier molecular flexibility index (Phi) is 5.75. The normalized spacial score (nSPS) is 13.9. The number of hydrogen-bond donors (Lipinski definition) is 1. The second-order valence-electron chi connectivity index (χ2n) is 6.55. The smallest absolute Gasteiger partial charge is 0.274 e. The predicted molar refractivity (Wildman–Crippen MR) is 97.7 cm³/mol. The quantitative estimate of drug-likeness (QED) is 0.622. The summed E-state index contributed by atoms with van der Waals surface area (Å²) < 4.78 is 13.5. The van der Waals surface area contributed by atoms with E-state index in [-0.39, 0.29) is 18.1 Å². The minimum Gasteiger partial charge on any atom is -0.351 e. The fourth-order valence-corrected chi connectivity index (χ4v) is 3.16. The predicted octanol–water partition coefficient (Wildman–Crippen LogP) is 2.83. The maximum absolute atomic E-state index is 13.5. The number of nitrogens with one attached hydrogen (secondary N) is 1. The van der Waals surface area contributed by atoms with Crippen LogP contribution in [0.1, 0.15) is 40.7 Å². The Morgan fingerprint density at radius 1 is 1.37 bits per heavy atom. The number of amides is 1. The van der Waals surface area contributed by atoms with E-state index in [2.05, 4.69) is 10.3 Å². The van der Waals surface area contributed by atoms with Gasteiger partial charge in [-0.1, -0.05) is 13.0 Å². The summed E-state index contributed by atoms with van der Waals surface area (Å²) >= 11 is 0. The van der Waals surface area contributed by atoms with Gasteiger partial charge in [-0.25, -0.2) is 9.37 Å². The van der Waals surface area contributed by atoms with Gasteiger partial charge in [0.05, 0.1) is 4.92 Å². The summed E-state index contributed by atoms with van der Waals surface area (Å²) in [5.41, 5.74) is 2.52. The van der Waals surface area contributed by atoms with E-state index < -0.39 is 10.7 Å². The number of nitro groups is 1. The lowest BCUT2D eigenvalue weighted by molar-refractivity contribution is -0.385. The molecule has 27 heavy (non-hydrogen) atoms. The first-order valence-electron chi connectivity index (χ1n) is 8.90. The monoisotopic (exact) mass is 372 g/mol. The molecule has 1 amide bonds. The Morgan fingerprint density at radius 2 is 2.19 bits per heavy atom. The molecule has 7 nitrogen and oxygen atoms in total. The molecule has 0 fully saturated rings. The summed E-state index contributed by atoms with van der Waals surface area (Å²) in [6.07, 6.45) is 1.49. The van der Waals surface area contributed by atoms with Crippen LogP contribution in [0.25, 0.3) is 0 Å². The molecule has 0 unspecified atom stereocenters. The van der Waals surface area contributed by atoms with Gasteiger partial charge in [0.25, 0.3) is 11.6 Å². The lowest BCUT2D eigenvalue weighted by Crippen LogP contribution is -2.32. The maximum Gasteiger partial charge on any atom is 0.274 e. The number of rotatable bonds is 6. The van der Waals surface area contributed by atoms with Gasteiger partial charge in [0.2, 0.25) is 0 Å². The number of hydrogen-bond acceptors (Lipinski definition) is 5. The minimum absolute atomic E-state index is 0.0803. The highest BCUT2D eigenvalue weighted by molar-refractivity contribution is 5.92. The molecule has 0 saturated heterocycles. The highest BCUT2D eigenvalue weighted by Gasteiger charge is 2.22. The van der Waals surface area contributed by atoms with Crippen molar-refractivity contribution in [2.45, 2.75) is 32.9 Å². The molecule has 0 bridgehead atoms. The second-order valence-corrected chi connectivity index (χ2v) is 6.55. The first kappa shape index (κ1) is 18.9. The first-order chi connectivity index (χ1) is 13.0. The standard InChI is InChI=1S/C19H21FN4O3/c1-2-8-21-19(25)17-5-3-13-11-23(9-7-16(13)22-17)12-14-10-15(20)4-6-18(14)24(26)27/h3-6,10H,2,7-9,11-12H2,1H3,(H,21,25). The Morgan fingerprint density at radius 3 is 2.93 bits per heavy atom. The summed E-state index contributed by atoms with van der Waals surface area (Å²) in [6.45, 7) is 4.06. The van der Waals surface area contributed by atoms with Crippen molar-refractivity contribution < 1.29 is 14.1 Å². The summed E-state index contributed by atoms with van der Waals surface area (Å²) in [5.74, 6) is -0.671. The van der Waals surface area contributed by atoms with Crippen LogP contribution < -0.4 is 5.32 Å². The van der Waals surface area contributed by atoms with Gasteiger partial charge in [-0.05, 0) is 30.2 Å². The number of halogens is 1. The van der Waals surface area contributed by atoms with Crippen molar-refractivity contribution in [3.63, 3.8) is 0 Å². The van der Waals surface area contributed by atoms with Crippen LogP contribution in [0.3, 0.4) is 0 Å². The lowest BCUT2D eigenvalue weighted by atomic mass is 10.0. The summed E-state index contributed by atoms with van der Waals surface area (Å²) in [5, 5.41) is 14.0. The Bertz CT molecular complexity index is 872. The number of carbonyl (C=O) groups is 1. The van der Waals surface area contributed by atoms with Crippen molar-refractivity contribution in [2.24, 2.45) is 0 Å². The van der Waals surface area contributed by atoms with E-state index >= 15 is 0 Å². The molecule has 1 N–H and O–H groups in total. The van der Waals surface area contributed by atoms with E-state index in [1.54, 1.807) is 6.07 Å². The van der Waals surface area contributed by atoms with Crippen molar-refractivity contribution in [1.29, 1.82) is 0 Å². The van der Waals surface area contributed by atoms with Gasteiger partial charge in [-0.2, -0.15) is 0 Å². The topological polar surface area (TPSA) is 88.4 Å². The molecule has 1 aromatic heterocycles. The van der Waals surface area contributed by atoms with Gasteiger partial charge >= 0.3 is 0 Å². The van der Waals surface area contributed by atoms with Crippen molar-refractivity contribution in [3.05, 3.63) is 68.8 Å². The van der Waals surface area contributed by atoms with Gasteiger partial charge < -0.3 is 5.32 Å². The van der Waals surface area contributed by atoms with E-state index in [9.17, 15) is 19.3 Å². The zero-order chi connectivity index (χ0) is 19.4. The van der Waals surface area contributed by atoms with E-state index in [0.717, 1.165) is 23.7 Å². The molecular weight excluding hydrogens is 351 g/mol. The third-order valence-corrected chi connectivity index (χ3v) is 4.53. The van der Waals surface area contributed by atoms with Crippen LogP contribution in [-0.4, -0.2) is 33.8 Å². The van der Waals surface area contributed by atoms with Crippen LogP contribution in [0.15, 0.2) is 30.3 Å².